The van der Waals surface area contributed by atoms with Crippen LogP contribution < -0.4 is 5.32 Å². The Morgan fingerprint density at radius 2 is 2.08 bits per heavy atom. The topological polar surface area (TPSA) is 84.9 Å². The smallest absolute Gasteiger partial charge is 0.411 e. The van der Waals surface area contributed by atoms with Gasteiger partial charge in [0.15, 0.2) is 0 Å². The monoisotopic (exact) mass is 334 g/mol. The molecule has 0 radical (unpaired) electrons. The van der Waals surface area contributed by atoms with Crippen molar-refractivity contribution in [1.29, 1.82) is 0 Å². The molecule has 1 N–H and O–H groups in total. The molecule has 0 spiro atoms. The van der Waals surface area contributed by atoms with E-state index in [0.717, 1.165) is 25.8 Å². The highest BCUT2D eigenvalue weighted by atomic mass is 16.5. The van der Waals surface area contributed by atoms with E-state index in [2.05, 4.69) is 10.1 Å². The molecule has 130 valence electrons. The number of nitrogens with one attached hydrogen (secondary N) is 1. The fourth-order valence-corrected chi connectivity index (χ4v) is 2.50. The van der Waals surface area contributed by atoms with E-state index in [0.29, 0.717) is 24.2 Å². The largest absolute Gasteiger partial charge is 0.460 e. The minimum atomic E-state index is -0.611. The van der Waals surface area contributed by atoms with Crippen LogP contribution in [-0.4, -0.2) is 49.7 Å². The van der Waals surface area contributed by atoms with Crippen molar-refractivity contribution in [3.8, 4) is 0 Å². The van der Waals surface area contributed by atoms with Gasteiger partial charge in [-0.1, -0.05) is 12.5 Å². The van der Waals surface area contributed by atoms with Gasteiger partial charge < -0.3 is 14.4 Å². The molecule has 24 heavy (non-hydrogen) atoms. The molecule has 0 atom stereocenters. The van der Waals surface area contributed by atoms with Crippen LogP contribution in [0.15, 0.2) is 24.3 Å². The van der Waals surface area contributed by atoms with Gasteiger partial charge in [0.25, 0.3) is 0 Å². The average Bonchev–Trinajstić information content (AvgIpc) is 2.79. The van der Waals surface area contributed by atoms with Gasteiger partial charge in [-0.15, -0.1) is 0 Å². The number of esters is 1. The van der Waals surface area contributed by atoms with Gasteiger partial charge in [-0.05, 0) is 31.0 Å². The van der Waals surface area contributed by atoms with Crippen LogP contribution in [0.1, 0.15) is 36.0 Å². The summed E-state index contributed by atoms with van der Waals surface area (Å²) in [4.78, 5) is 36.9. The van der Waals surface area contributed by atoms with E-state index in [1.54, 1.807) is 23.1 Å². The second kappa shape index (κ2) is 8.90. The number of benzene rings is 1. The number of nitrogens with zero attached hydrogens (tertiary/aromatic N) is 1. The van der Waals surface area contributed by atoms with E-state index in [4.69, 9.17) is 4.74 Å². The van der Waals surface area contributed by atoms with E-state index in [-0.39, 0.29) is 12.5 Å². The van der Waals surface area contributed by atoms with Gasteiger partial charge in [0, 0.05) is 18.7 Å². The predicted molar refractivity (Wildman–Crippen MR) is 87.8 cm³/mol. The maximum Gasteiger partial charge on any atom is 0.411 e. The summed E-state index contributed by atoms with van der Waals surface area (Å²) in [6, 6.07) is 6.39. The Morgan fingerprint density at radius 3 is 2.88 bits per heavy atom. The maximum atomic E-state index is 12.1. The second-order valence-electron chi connectivity index (χ2n) is 5.52. The van der Waals surface area contributed by atoms with Gasteiger partial charge in [0.05, 0.1) is 19.2 Å². The first-order valence-electron chi connectivity index (χ1n) is 8.00. The van der Waals surface area contributed by atoms with Gasteiger partial charge in [-0.3, -0.25) is 10.1 Å². The highest BCUT2D eigenvalue weighted by Gasteiger charge is 2.17. The van der Waals surface area contributed by atoms with E-state index in [1.807, 2.05) is 0 Å². The molecule has 7 nitrogen and oxygen atoms in total. The highest BCUT2D eigenvalue weighted by Crippen LogP contribution is 2.13. The molecular formula is C17H22N2O5. The molecule has 7 heteroatoms. The summed E-state index contributed by atoms with van der Waals surface area (Å²) in [5.74, 6) is -0.376. The van der Waals surface area contributed by atoms with Crippen LogP contribution >= 0.6 is 0 Å². The zero-order valence-electron chi connectivity index (χ0n) is 13.7. The number of ether oxygens (including phenoxy) is 2. The molecule has 0 saturated carbocycles. The summed E-state index contributed by atoms with van der Waals surface area (Å²) < 4.78 is 9.73. The molecule has 0 unspecified atom stereocenters. The van der Waals surface area contributed by atoms with Crippen molar-refractivity contribution in [2.75, 3.05) is 32.1 Å². The third-order valence-electron chi connectivity index (χ3n) is 3.80. The lowest BCUT2D eigenvalue weighted by Gasteiger charge is -2.20. The van der Waals surface area contributed by atoms with Crippen molar-refractivity contribution >= 4 is 23.7 Å². The van der Waals surface area contributed by atoms with E-state index >= 15 is 0 Å². The zero-order chi connectivity index (χ0) is 17.4. The molecule has 1 saturated heterocycles. The molecule has 1 aliphatic heterocycles. The fourth-order valence-electron chi connectivity index (χ4n) is 2.50. The quantitative estimate of drug-likeness (QED) is 0.836. The Labute approximate surface area is 140 Å². The summed E-state index contributed by atoms with van der Waals surface area (Å²) in [6.45, 7) is 1.28. The van der Waals surface area contributed by atoms with Crippen LogP contribution in [0.25, 0.3) is 0 Å². The SMILES string of the molecule is COC(=O)Nc1cccc(C(=O)OCCN2CCCCCC2=O)c1. The Balaban J connectivity index is 1.84. The van der Waals surface area contributed by atoms with E-state index in [9.17, 15) is 14.4 Å². The first kappa shape index (κ1) is 17.8. The van der Waals surface area contributed by atoms with Crippen molar-refractivity contribution in [3.63, 3.8) is 0 Å². The average molecular weight is 334 g/mol. The van der Waals surface area contributed by atoms with Crippen LogP contribution in [-0.2, 0) is 14.3 Å². The summed E-state index contributed by atoms with van der Waals surface area (Å²) in [5, 5.41) is 2.49. The van der Waals surface area contributed by atoms with Gasteiger partial charge in [-0.2, -0.15) is 0 Å². The zero-order valence-corrected chi connectivity index (χ0v) is 13.7. The lowest BCUT2D eigenvalue weighted by atomic mass is 10.2. The van der Waals surface area contributed by atoms with Crippen molar-refractivity contribution in [2.24, 2.45) is 0 Å². The number of likely N-dealkylation sites (tertiary alicyclic amines) is 1. The number of anilines is 1. The van der Waals surface area contributed by atoms with E-state index in [1.165, 1.54) is 13.2 Å². The molecule has 0 aliphatic carbocycles. The molecule has 0 bridgehead atoms. The first-order chi connectivity index (χ1) is 11.6. The number of hydrogen-bond acceptors (Lipinski definition) is 5. The first-order valence-corrected chi connectivity index (χ1v) is 8.00. The van der Waals surface area contributed by atoms with Gasteiger partial charge in [-0.25, -0.2) is 9.59 Å². The summed E-state index contributed by atoms with van der Waals surface area (Å²) in [7, 11) is 1.26. The molecule has 1 aromatic carbocycles. The van der Waals surface area contributed by atoms with E-state index < -0.39 is 12.1 Å². The summed E-state index contributed by atoms with van der Waals surface area (Å²) in [5.41, 5.74) is 0.769. The van der Waals surface area contributed by atoms with Crippen LogP contribution in [0, 0.1) is 0 Å². The number of methoxy groups -OCH3 is 1. The van der Waals surface area contributed by atoms with Crippen LogP contribution in [0.3, 0.4) is 0 Å². The number of rotatable bonds is 5. The number of carbonyl (C=O) groups is 3. The molecular weight excluding hydrogens is 312 g/mol. The Bertz CT molecular complexity index is 602. The van der Waals surface area contributed by atoms with Crippen LogP contribution in [0.5, 0.6) is 0 Å². The molecule has 1 aliphatic rings. The van der Waals surface area contributed by atoms with Gasteiger partial charge in [0.2, 0.25) is 5.91 Å². The third kappa shape index (κ3) is 5.26. The van der Waals surface area contributed by atoms with Crippen LogP contribution in [0.4, 0.5) is 10.5 Å². The summed E-state index contributed by atoms with van der Waals surface area (Å²) in [6.07, 6.45) is 2.92. The molecule has 0 aromatic heterocycles. The summed E-state index contributed by atoms with van der Waals surface area (Å²) >= 11 is 0. The number of hydrogen-bond donors (Lipinski definition) is 1. The molecule has 1 fully saturated rings. The Hall–Kier alpha value is -2.57. The fraction of sp³-hybridized carbons (Fsp3) is 0.471. The van der Waals surface area contributed by atoms with Gasteiger partial charge >= 0.3 is 12.1 Å². The lowest BCUT2D eigenvalue weighted by molar-refractivity contribution is -0.131. The minimum absolute atomic E-state index is 0.118. The minimum Gasteiger partial charge on any atom is -0.460 e. The standard InChI is InChI=1S/C17H22N2O5/c1-23-17(22)18-14-7-5-6-13(12-14)16(21)24-11-10-19-9-4-2-3-8-15(19)20/h5-7,12H,2-4,8-11H2,1H3,(H,18,22). The van der Waals surface area contributed by atoms with Crippen molar-refractivity contribution in [3.05, 3.63) is 29.8 Å². The molecule has 1 aromatic rings. The van der Waals surface area contributed by atoms with Gasteiger partial charge in [0.1, 0.15) is 6.61 Å². The molecule has 1 heterocycles. The predicted octanol–water partition coefficient (Wildman–Crippen LogP) is 2.42. The number of amides is 2. The maximum absolute atomic E-state index is 12.1. The lowest BCUT2D eigenvalue weighted by Crippen LogP contribution is -2.33. The van der Waals surface area contributed by atoms with Crippen molar-refractivity contribution in [2.45, 2.75) is 25.7 Å². The second-order valence-corrected chi connectivity index (χ2v) is 5.52. The van der Waals surface area contributed by atoms with Crippen molar-refractivity contribution in [1.82, 2.24) is 4.90 Å². The highest BCUT2D eigenvalue weighted by molar-refractivity contribution is 5.92. The number of carbonyl (C=O) groups excluding carboxylic acids is 3. The Morgan fingerprint density at radius 1 is 1.25 bits per heavy atom. The third-order valence-corrected chi connectivity index (χ3v) is 3.80. The normalized spacial score (nSPS) is 14.7. The van der Waals surface area contributed by atoms with Crippen molar-refractivity contribution < 1.29 is 23.9 Å². The molecule has 2 amide bonds. The Kier molecular flexibility index (Phi) is 6.60. The molecule has 2 rings (SSSR count). The van der Waals surface area contributed by atoms with Crippen LogP contribution in [0.2, 0.25) is 0 Å².